The van der Waals surface area contributed by atoms with E-state index in [1.54, 1.807) is 17.0 Å². The summed E-state index contributed by atoms with van der Waals surface area (Å²) in [5.41, 5.74) is 5.20. The minimum Gasteiger partial charge on any atom is -0.444 e. The van der Waals surface area contributed by atoms with E-state index in [0.29, 0.717) is 19.7 Å². The number of ether oxygens (including phenoxy) is 2. The summed E-state index contributed by atoms with van der Waals surface area (Å²) < 4.78 is 28.7. The molecule has 5 nitrogen and oxygen atoms in total. The number of carbonyl (C=O) groups is 1. The lowest BCUT2D eigenvalue weighted by atomic mass is 9.84. The number of halogens is 3. The molecule has 1 fully saturated rings. The van der Waals surface area contributed by atoms with Crippen LogP contribution in [0.5, 0.6) is 0 Å². The van der Waals surface area contributed by atoms with Gasteiger partial charge in [-0.15, -0.1) is 0 Å². The van der Waals surface area contributed by atoms with Gasteiger partial charge in [0.05, 0.1) is 40.2 Å². The van der Waals surface area contributed by atoms with Crippen LogP contribution in [0.25, 0.3) is 5.70 Å². The molecule has 5 rings (SSSR count). The quantitative estimate of drug-likeness (QED) is 0.330. The molecule has 1 amide bonds. The second-order valence-electron chi connectivity index (χ2n) is 10.5. The first-order valence-electron chi connectivity index (χ1n) is 11.4. The number of nitrogens with one attached hydrogen (secondary N) is 1. The van der Waals surface area contributed by atoms with E-state index in [2.05, 4.69) is 36.8 Å². The van der Waals surface area contributed by atoms with Crippen molar-refractivity contribution in [1.29, 1.82) is 0 Å². The van der Waals surface area contributed by atoms with Crippen LogP contribution in [-0.2, 0) is 26.4 Å². The van der Waals surface area contributed by atoms with Gasteiger partial charge in [0.25, 0.3) is 0 Å². The second kappa shape index (κ2) is 8.30. The molecule has 35 heavy (non-hydrogen) atoms. The zero-order valence-electron chi connectivity index (χ0n) is 20.2. The van der Waals surface area contributed by atoms with Crippen LogP contribution < -0.4 is 4.72 Å². The van der Waals surface area contributed by atoms with E-state index in [-0.39, 0.29) is 16.1 Å². The van der Waals surface area contributed by atoms with Gasteiger partial charge in [0.15, 0.2) is 5.82 Å². The molecule has 2 aromatic carbocycles. The number of likely N-dealkylation sites (tertiary alicyclic amines) is 1. The molecule has 3 aliphatic rings. The monoisotopic (exact) mass is 536 g/mol. The number of carbonyl (C=O) groups excluding carboxylic acids is 1. The molecule has 0 aliphatic carbocycles. The zero-order valence-corrected chi connectivity index (χ0v) is 22.6. The van der Waals surface area contributed by atoms with Crippen LogP contribution in [-0.4, -0.2) is 29.7 Å². The van der Waals surface area contributed by atoms with Gasteiger partial charge in [-0.3, -0.25) is 0 Å². The maximum atomic E-state index is 14.0. The topological polar surface area (TPSA) is 50.8 Å². The van der Waals surface area contributed by atoms with E-state index in [9.17, 15) is 9.18 Å². The summed E-state index contributed by atoms with van der Waals surface area (Å²) in [5, 5.41) is 0.0213. The fourth-order valence-electron chi connectivity index (χ4n) is 4.82. The second-order valence-corrected chi connectivity index (χ2v) is 12.5. The number of fused-ring (bicyclic) bond motifs is 2. The highest BCUT2D eigenvalue weighted by Crippen LogP contribution is 2.51. The van der Waals surface area contributed by atoms with Crippen molar-refractivity contribution < 1.29 is 18.7 Å². The molecular formula is C26H27Cl2FN2O3S. The lowest BCUT2D eigenvalue weighted by Gasteiger charge is -2.47. The Morgan fingerprint density at radius 2 is 1.86 bits per heavy atom. The van der Waals surface area contributed by atoms with Gasteiger partial charge in [-0.05, 0) is 92.6 Å². The minimum absolute atomic E-state index is 0.0106. The van der Waals surface area contributed by atoms with Crippen LogP contribution in [0.15, 0.2) is 35.9 Å². The molecule has 1 saturated heterocycles. The van der Waals surface area contributed by atoms with E-state index in [1.807, 2.05) is 20.8 Å². The molecule has 3 aliphatic heterocycles. The minimum atomic E-state index is -0.604. The number of benzene rings is 2. The van der Waals surface area contributed by atoms with Gasteiger partial charge >= 0.3 is 6.09 Å². The van der Waals surface area contributed by atoms with Gasteiger partial charge < -0.3 is 19.1 Å². The third-order valence-corrected chi connectivity index (χ3v) is 8.72. The van der Waals surface area contributed by atoms with Gasteiger partial charge in [-0.25, -0.2) is 9.18 Å². The van der Waals surface area contributed by atoms with Crippen LogP contribution in [0.4, 0.5) is 9.18 Å². The highest BCUT2D eigenvalue weighted by atomic mass is 35.5. The summed E-state index contributed by atoms with van der Waals surface area (Å²) in [4.78, 5) is 14.1. The van der Waals surface area contributed by atoms with Gasteiger partial charge in [0, 0.05) is 0 Å². The predicted molar refractivity (Wildman–Crippen MR) is 138 cm³/mol. The molecule has 3 heterocycles. The number of amides is 1. The van der Waals surface area contributed by atoms with Crippen molar-refractivity contribution in [3.05, 3.63) is 74.0 Å². The van der Waals surface area contributed by atoms with E-state index < -0.39 is 21.8 Å². The molecule has 1 atom stereocenters. The van der Waals surface area contributed by atoms with Gasteiger partial charge in [-0.1, -0.05) is 35.3 Å². The van der Waals surface area contributed by atoms with Crippen molar-refractivity contribution in [2.24, 2.45) is 0 Å². The maximum Gasteiger partial charge on any atom is 0.410 e. The average Bonchev–Trinajstić information content (AvgIpc) is 3.27. The number of hydrogen-bond donors (Lipinski definition) is 1. The van der Waals surface area contributed by atoms with E-state index >= 15 is 0 Å². The molecular weight excluding hydrogens is 510 g/mol. The van der Waals surface area contributed by atoms with Crippen LogP contribution in [0.2, 0.25) is 10.0 Å². The van der Waals surface area contributed by atoms with Crippen molar-refractivity contribution in [3.63, 3.8) is 0 Å². The van der Waals surface area contributed by atoms with Crippen molar-refractivity contribution >= 4 is 46.9 Å². The summed E-state index contributed by atoms with van der Waals surface area (Å²) in [7, 11) is 0. The summed E-state index contributed by atoms with van der Waals surface area (Å²) in [5.74, 6) is -0.604. The standard InChI is InChI=1S/C26H27Cl2FN2O3S/c1-14-22(30-35-25(14,5)17-9-19(27)21(29)20(28)10-17)15-6-7-18-16(8-15)11-33-26(18)12-31(13-26)23(32)34-24(2,3)4/h6-10,30H,11-13H2,1-5H3. The third-order valence-electron chi connectivity index (χ3n) is 6.92. The Bertz CT molecular complexity index is 1250. The molecule has 2 aromatic rings. The van der Waals surface area contributed by atoms with Crippen LogP contribution >= 0.6 is 35.1 Å². The van der Waals surface area contributed by atoms with E-state index in [1.165, 1.54) is 11.9 Å². The van der Waals surface area contributed by atoms with Gasteiger partial charge in [-0.2, -0.15) is 0 Å². The Kier molecular flexibility index (Phi) is 5.87. The Labute approximate surface area is 219 Å². The Morgan fingerprint density at radius 1 is 1.20 bits per heavy atom. The molecule has 0 aromatic heterocycles. The summed E-state index contributed by atoms with van der Waals surface area (Å²) in [6, 6.07) is 9.59. The SMILES string of the molecule is CC1=C(c2ccc3c(c2)COC32CN(C(=O)OC(C)(C)C)C2)NSC1(C)c1cc(Cl)c(F)c(Cl)c1. The number of hydrogen-bond acceptors (Lipinski definition) is 5. The Hall–Kier alpha value is -1.93. The highest BCUT2D eigenvalue weighted by molar-refractivity contribution is 7.99. The molecule has 186 valence electrons. The van der Waals surface area contributed by atoms with Crippen molar-refractivity contribution in [1.82, 2.24) is 9.62 Å². The number of nitrogens with zero attached hydrogens (tertiary/aromatic N) is 1. The fourth-order valence-corrected chi connectivity index (χ4v) is 6.38. The molecule has 1 unspecified atom stereocenters. The Morgan fingerprint density at radius 3 is 2.49 bits per heavy atom. The summed E-state index contributed by atoms with van der Waals surface area (Å²) in [6.45, 7) is 11.2. The lowest BCUT2D eigenvalue weighted by Crippen LogP contribution is -2.61. The first-order chi connectivity index (χ1) is 16.3. The lowest BCUT2D eigenvalue weighted by molar-refractivity contribution is -0.137. The molecule has 0 radical (unpaired) electrons. The van der Waals surface area contributed by atoms with Crippen LogP contribution in [0, 0.1) is 5.82 Å². The molecule has 0 bridgehead atoms. The van der Waals surface area contributed by atoms with Crippen molar-refractivity contribution in [3.8, 4) is 0 Å². The van der Waals surface area contributed by atoms with Gasteiger partial charge in [0.2, 0.25) is 0 Å². The summed E-state index contributed by atoms with van der Waals surface area (Å²) in [6.07, 6.45) is -0.315. The highest BCUT2D eigenvalue weighted by Gasteiger charge is 2.52. The molecule has 9 heteroatoms. The zero-order chi connectivity index (χ0) is 25.3. The predicted octanol–water partition coefficient (Wildman–Crippen LogP) is 7.01. The maximum absolute atomic E-state index is 14.0. The van der Waals surface area contributed by atoms with Crippen molar-refractivity contribution in [2.75, 3.05) is 13.1 Å². The largest absolute Gasteiger partial charge is 0.444 e. The van der Waals surface area contributed by atoms with E-state index in [4.69, 9.17) is 32.7 Å². The average molecular weight is 537 g/mol. The fraction of sp³-hybridized carbons (Fsp3) is 0.423. The Balaban J connectivity index is 1.39. The summed E-state index contributed by atoms with van der Waals surface area (Å²) >= 11 is 13.7. The third kappa shape index (κ3) is 4.10. The molecule has 1 spiro atoms. The smallest absolute Gasteiger partial charge is 0.410 e. The van der Waals surface area contributed by atoms with E-state index in [0.717, 1.165) is 33.5 Å². The molecule has 1 N–H and O–H groups in total. The first-order valence-corrected chi connectivity index (χ1v) is 13.0. The molecule has 0 saturated carbocycles. The van der Waals surface area contributed by atoms with Crippen LogP contribution in [0.3, 0.4) is 0 Å². The van der Waals surface area contributed by atoms with Crippen LogP contribution in [0.1, 0.15) is 56.9 Å². The normalized spacial score (nSPS) is 22.8. The number of rotatable bonds is 2. The first kappa shape index (κ1) is 24.8. The van der Waals surface area contributed by atoms with Gasteiger partial charge in [0.1, 0.15) is 11.2 Å². The van der Waals surface area contributed by atoms with Crippen molar-refractivity contribution in [2.45, 2.75) is 57.2 Å².